The quantitative estimate of drug-likeness (QED) is 0.399. The van der Waals surface area contributed by atoms with E-state index in [1.54, 1.807) is 34.7 Å². The largest absolute Gasteiger partial charge is 0.396 e. The first-order valence-electron chi connectivity index (χ1n) is 9.21. The molecule has 0 aliphatic carbocycles. The summed E-state index contributed by atoms with van der Waals surface area (Å²) in [4.78, 5) is 31.7. The van der Waals surface area contributed by atoms with Crippen LogP contribution in [0.3, 0.4) is 0 Å². The Bertz CT molecular complexity index is 1050. The molecule has 8 heteroatoms. The molecule has 0 bridgehead atoms. The zero-order chi connectivity index (χ0) is 20.8. The Hall–Kier alpha value is -2.16. The Kier molecular flexibility index (Phi) is 7.46. The van der Waals surface area contributed by atoms with Gasteiger partial charge >= 0.3 is 0 Å². The maximum atomic E-state index is 12.8. The van der Waals surface area contributed by atoms with Crippen LogP contribution in [0.15, 0.2) is 63.0 Å². The predicted molar refractivity (Wildman–Crippen MR) is 119 cm³/mol. The van der Waals surface area contributed by atoms with E-state index in [1.165, 1.54) is 11.8 Å². The Balaban J connectivity index is 1.75. The second-order valence-electron chi connectivity index (χ2n) is 6.61. The van der Waals surface area contributed by atoms with Crippen LogP contribution in [0.25, 0.3) is 10.9 Å². The van der Waals surface area contributed by atoms with Crippen LogP contribution in [0.2, 0.25) is 0 Å². The van der Waals surface area contributed by atoms with Gasteiger partial charge in [0.2, 0.25) is 5.91 Å². The molecule has 1 N–H and O–H groups in total. The summed E-state index contributed by atoms with van der Waals surface area (Å²) in [5, 5.41) is 10.2. The van der Waals surface area contributed by atoms with Gasteiger partial charge in [-0.2, -0.15) is 0 Å². The van der Waals surface area contributed by atoms with Crippen LogP contribution in [0.1, 0.15) is 12.0 Å². The van der Waals surface area contributed by atoms with E-state index in [0.717, 1.165) is 10.0 Å². The monoisotopic (exact) mass is 475 g/mol. The molecule has 0 aliphatic rings. The minimum absolute atomic E-state index is 0.0156. The molecular formula is C21H22BrN3O3S. The number of carbonyl (C=O) groups excluding carboxylic acids is 1. The average Bonchev–Trinajstić information content (AvgIpc) is 2.73. The highest BCUT2D eigenvalue weighted by molar-refractivity contribution is 9.10. The van der Waals surface area contributed by atoms with Crippen LogP contribution < -0.4 is 5.56 Å². The van der Waals surface area contributed by atoms with E-state index in [-0.39, 0.29) is 23.8 Å². The number of nitrogens with zero attached hydrogens (tertiary/aromatic N) is 3. The SMILES string of the molecule is CN(Cc1ccc(Br)cc1)C(=O)CSc1nc2ccccc2c(=O)n1CCCO. The molecule has 1 amide bonds. The molecule has 0 saturated heterocycles. The molecule has 1 aromatic heterocycles. The zero-order valence-corrected chi connectivity index (χ0v) is 18.4. The number of aliphatic hydroxyl groups is 1. The van der Waals surface area contributed by atoms with E-state index in [1.807, 2.05) is 30.3 Å². The molecule has 0 spiro atoms. The van der Waals surface area contributed by atoms with E-state index in [0.29, 0.717) is 35.6 Å². The highest BCUT2D eigenvalue weighted by Gasteiger charge is 2.15. The number of hydrogen-bond donors (Lipinski definition) is 1. The van der Waals surface area contributed by atoms with Crippen molar-refractivity contribution in [3.8, 4) is 0 Å². The number of carbonyl (C=O) groups is 1. The lowest BCUT2D eigenvalue weighted by Gasteiger charge is -2.18. The van der Waals surface area contributed by atoms with Gasteiger partial charge in [-0.25, -0.2) is 4.98 Å². The molecule has 0 saturated carbocycles. The smallest absolute Gasteiger partial charge is 0.262 e. The molecule has 0 radical (unpaired) electrons. The fraction of sp³-hybridized carbons (Fsp3) is 0.286. The number of rotatable bonds is 8. The molecule has 152 valence electrons. The highest BCUT2D eigenvalue weighted by Crippen LogP contribution is 2.19. The van der Waals surface area contributed by atoms with Gasteiger partial charge in [0, 0.05) is 31.2 Å². The third-order valence-electron chi connectivity index (χ3n) is 4.45. The Morgan fingerprint density at radius 3 is 2.66 bits per heavy atom. The van der Waals surface area contributed by atoms with E-state index in [9.17, 15) is 9.59 Å². The second-order valence-corrected chi connectivity index (χ2v) is 8.47. The summed E-state index contributed by atoms with van der Waals surface area (Å²) in [5.41, 5.74) is 1.50. The maximum absolute atomic E-state index is 12.8. The third-order valence-corrected chi connectivity index (χ3v) is 5.94. The zero-order valence-electron chi connectivity index (χ0n) is 16.0. The number of benzene rings is 2. The lowest BCUT2D eigenvalue weighted by Crippen LogP contribution is -2.29. The summed E-state index contributed by atoms with van der Waals surface area (Å²) in [5.74, 6) is 0.130. The number of fused-ring (bicyclic) bond motifs is 1. The van der Waals surface area contributed by atoms with Crippen molar-refractivity contribution in [2.45, 2.75) is 24.7 Å². The van der Waals surface area contributed by atoms with Gasteiger partial charge < -0.3 is 10.0 Å². The molecule has 29 heavy (non-hydrogen) atoms. The van der Waals surface area contributed by atoms with Gasteiger partial charge in [0.1, 0.15) is 0 Å². The molecule has 0 atom stereocenters. The average molecular weight is 476 g/mol. The molecule has 2 aromatic carbocycles. The topological polar surface area (TPSA) is 75.4 Å². The van der Waals surface area contributed by atoms with Crippen LogP contribution in [0.5, 0.6) is 0 Å². The Morgan fingerprint density at radius 2 is 1.93 bits per heavy atom. The van der Waals surface area contributed by atoms with Gasteiger partial charge in [-0.3, -0.25) is 14.2 Å². The molecule has 0 fully saturated rings. The fourth-order valence-electron chi connectivity index (χ4n) is 2.87. The van der Waals surface area contributed by atoms with E-state index >= 15 is 0 Å². The summed E-state index contributed by atoms with van der Waals surface area (Å²) in [6.45, 7) is 0.853. The summed E-state index contributed by atoms with van der Waals surface area (Å²) >= 11 is 4.65. The van der Waals surface area contributed by atoms with Gasteiger partial charge in [-0.05, 0) is 36.2 Å². The minimum Gasteiger partial charge on any atom is -0.396 e. The number of halogens is 1. The van der Waals surface area contributed by atoms with Gasteiger partial charge in [-0.15, -0.1) is 0 Å². The van der Waals surface area contributed by atoms with Crippen LogP contribution in [-0.4, -0.2) is 44.9 Å². The second kappa shape index (κ2) is 10.0. The number of aromatic nitrogens is 2. The first kappa shape index (κ1) is 21.5. The van der Waals surface area contributed by atoms with Crippen molar-refractivity contribution in [2.75, 3.05) is 19.4 Å². The fourth-order valence-corrected chi connectivity index (χ4v) is 4.10. The Morgan fingerprint density at radius 1 is 1.21 bits per heavy atom. The number of hydrogen-bond acceptors (Lipinski definition) is 5. The minimum atomic E-state index is -0.151. The van der Waals surface area contributed by atoms with E-state index in [4.69, 9.17) is 5.11 Å². The van der Waals surface area contributed by atoms with Crippen LogP contribution >= 0.6 is 27.7 Å². The molecule has 0 aliphatic heterocycles. The highest BCUT2D eigenvalue weighted by atomic mass is 79.9. The number of para-hydroxylation sites is 1. The van der Waals surface area contributed by atoms with E-state index < -0.39 is 0 Å². The number of thioether (sulfide) groups is 1. The third kappa shape index (κ3) is 5.46. The molecule has 6 nitrogen and oxygen atoms in total. The van der Waals surface area contributed by atoms with E-state index in [2.05, 4.69) is 20.9 Å². The molecule has 1 heterocycles. The predicted octanol–water partition coefficient (Wildman–Crippen LogP) is 3.29. The van der Waals surface area contributed by atoms with Crippen LogP contribution in [-0.2, 0) is 17.9 Å². The van der Waals surface area contributed by atoms with Crippen LogP contribution in [0.4, 0.5) is 0 Å². The van der Waals surface area contributed by atoms with Gasteiger partial charge in [0.15, 0.2) is 5.16 Å². The Labute approximate surface area is 181 Å². The normalized spacial score (nSPS) is 11.0. The van der Waals surface area contributed by atoms with Gasteiger partial charge in [0.05, 0.1) is 16.7 Å². The van der Waals surface area contributed by atoms with Crippen LogP contribution in [0, 0.1) is 0 Å². The van der Waals surface area contributed by atoms with Crippen molar-refractivity contribution in [3.05, 3.63) is 68.9 Å². The number of aliphatic hydroxyl groups excluding tert-OH is 1. The van der Waals surface area contributed by atoms with Gasteiger partial charge in [0.25, 0.3) is 5.56 Å². The first-order chi connectivity index (χ1) is 14.0. The summed E-state index contributed by atoms with van der Waals surface area (Å²) in [6.07, 6.45) is 0.449. The summed E-state index contributed by atoms with van der Waals surface area (Å²) < 4.78 is 2.54. The standard InChI is InChI=1S/C21H22BrN3O3S/c1-24(13-15-7-9-16(22)10-8-15)19(27)14-29-21-23-18-6-3-2-5-17(18)20(28)25(21)11-4-12-26/h2-3,5-10,26H,4,11-14H2,1H3. The molecule has 0 unspecified atom stereocenters. The molecule has 3 aromatic rings. The van der Waals surface area contributed by atoms with Crippen molar-refractivity contribution in [3.63, 3.8) is 0 Å². The number of amides is 1. The van der Waals surface area contributed by atoms with Crippen molar-refractivity contribution >= 4 is 44.5 Å². The maximum Gasteiger partial charge on any atom is 0.262 e. The molecular weight excluding hydrogens is 454 g/mol. The van der Waals surface area contributed by atoms with Gasteiger partial charge in [-0.1, -0.05) is 52.0 Å². The van der Waals surface area contributed by atoms with Crippen molar-refractivity contribution < 1.29 is 9.90 Å². The van der Waals surface area contributed by atoms with Crippen molar-refractivity contribution in [1.29, 1.82) is 0 Å². The summed E-state index contributed by atoms with van der Waals surface area (Å²) in [6, 6.07) is 15.0. The lowest BCUT2D eigenvalue weighted by atomic mass is 10.2. The van der Waals surface area contributed by atoms with Crippen molar-refractivity contribution in [1.82, 2.24) is 14.5 Å². The molecule has 3 rings (SSSR count). The summed E-state index contributed by atoms with van der Waals surface area (Å²) in [7, 11) is 1.76. The first-order valence-corrected chi connectivity index (χ1v) is 11.0. The lowest BCUT2D eigenvalue weighted by molar-refractivity contribution is -0.127. The van der Waals surface area contributed by atoms with Crippen molar-refractivity contribution in [2.24, 2.45) is 0 Å².